The van der Waals surface area contributed by atoms with Crippen LogP contribution in [0, 0.1) is 16.0 Å². The van der Waals surface area contributed by atoms with Gasteiger partial charge in [-0.05, 0) is 24.8 Å². The highest BCUT2D eigenvalue weighted by molar-refractivity contribution is 7.99. The summed E-state index contributed by atoms with van der Waals surface area (Å²) >= 11 is 1.53. The number of aromatic amines is 1. The Balaban J connectivity index is 1.29. The first kappa shape index (κ1) is 19.7. The first-order valence-corrected chi connectivity index (χ1v) is 10.9. The molecule has 3 aromatic rings. The summed E-state index contributed by atoms with van der Waals surface area (Å²) in [4.78, 5) is 27.1. The Kier molecular flexibility index (Phi) is 5.98. The second-order valence-electron chi connectivity index (χ2n) is 7.38. The van der Waals surface area contributed by atoms with Crippen LogP contribution in [0.25, 0.3) is 11.1 Å². The fourth-order valence-electron chi connectivity index (χ4n) is 3.86. The minimum absolute atomic E-state index is 0.0627. The Labute approximate surface area is 171 Å². The third kappa shape index (κ3) is 4.69. The van der Waals surface area contributed by atoms with E-state index in [9.17, 15) is 14.9 Å². The largest absolute Gasteiger partial charge is 0.419 e. The van der Waals surface area contributed by atoms with Crippen molar-refractivity contribution in [1.82, 2.24) is 19.7 Å². The van der Waals surface area contributed by atoms with Crippen molar-refractivity contribution in [3.63, 3.8) is 0 Å². The van der Waals surface area contributed by atoms with Crippen molar-refractivity contribution >= 4 is 28.5 Å². The fourth-order valence-corrected chi connectivity index (χ4v) is 4.60. The maximum atomic E-state index is 12.1. The minimum Gasteiger partial charge on any atom is -0.408 e. The number of aryl methyl sites for hydroxylation is 2. The van der Waals surface area contributed by atoms with Gasteiger partial charge in [0.2, 0.25) is 5.16 Å². The van der Waals surface area contributed by atoms with Crippen LogP contribution in [0.4, 0.5) is 5.69 Å². The Morgan fingerprint density at radius 2 is 2.17 bits per heavy atom. The van der Waals surface area contributed by atoms with Crippen molar-refractivity contribution < 1.29 is 9.34 Å². The zero-order valence-electron chi connectivity index (χ0n) is 16.0. The molecule has 1 fully saturated rings. The molecule has 2 aromatic heterocycles. The van der Waals surface area contributed by atoms with Gasteiger partial charge in [-0.3, -0.25) is 19.8 Å². The lowest BCUT2D eigenvalue weighted by Crippen LogP contribution is -2.14. The number of nitro groups is 1. The monoisotopic (exact) mass is 417 g/mol. The molecule has 1 aliphatic carbocycles. The number of benzene rings is 1. The second kappa shape index (κ2) is 8.81. The van der Waals surface area contributed by atoms with Crippen LogP contribution >= 0.6 is 11.8 Å². The van der Waals surface area contributed by atoms with Crippen LogP contribution in [0.3, 0.4) is 0 Å². The molecule has 0 amide bonds. The van der Waals surface area contributed by atoms with Crippen LogP contribution in [0.5, 0.6) is 0 Å². The quantitative estimate of drug-likeness (QED) is 0.242. The van der Waals surface area contributed by atoms with E-state index in [-0.39, 0.29) is 5.69 Å². The number of fused-ring (bicyclic) bond motifs is 1. The lowest BCUT2D eigenvalue weighted by molar-refractivity contribution is -0.384. The van der Waals surface area contributed by atoms with Crippen molar-refractivity contribution in [2.24, 2.45) is 5.92 Å². The lowest BCUT2D eigenvalue weighted by Gasteiger charge is -2.05. The van der Waals surface area contributed by atoms with Gasteiger partial charge in [0.05, 0.1) is 10.4 Å². The van der Waals surface area contributed by atoms with E-state index in [0.717, 1.165) is 23.9 Å². The molecular formula is C19H23N5O4S. The van der Waals surface area contributed by atoms with Crippen molar-refractivity contribution in [3.05, 3.63) is 44.7 Å². The van der Waals surface area contributed by atoms with E-state index in [0.29, 0.717) is 29.2 Å². The number of hydrogen-bond acceptors (Lipinski definition) is 7. The molecule has 0 atom stereocenters. The molecule has 0 bridgehead atoms. The first-order valence-electron chi connectivity index (χ1n) is 9.92. The maximum Gasteiger partial charge on any atom is 0.419 e. The molecule has 2 heterocycles. The molecule has 29 heavy (non-hydrogen) atoms. The molecule has 0 radical (unpaired) electrons. The number of non-ortho nitro benzene ring substituents is 1. The van der Waals surface area contributed by atoms with Crippen LogP contribution in [0.15, 0.2) is 32.6 Å². The van der Waals surface area contributed by atoms with Crippen molar-refractivity contribution in [2.45, 2.75) is 56.6 Å². The van der Waals surface area contributed by atoms with Gasteiger partial charge in [0.15, 0.2) is 5.58 Å². The van der Waals surface area contributed by atoms with E-state index >= 15 is 0 Å². The lowest BCUT2D eigenvalue weighted by atomic mass is 10.0. The number of nitrogens with one attached hydrogen (secondary N) is 1. The second-order valence-corrected chi connectivity index (χ2v) is 8.45. The summed E-state index contributed by atoms with van der Waals surface area (Å²) in [6.45, 7) is 0.416. The molecule has 1 aliphatic rings. The van der Waals surface area contributed by atoms with E-state index < -0.39 is 10.7 Å². The molecule has 0 saturated heterocycles. The summed E-state index contributed by atoms with van der Waals surface area (Å²) in [6.07, 6.45) is 8.17. The van der Waals surface area contributed by atoms with Gasteiger partial charge >= 0.3 is 5.76 Å². The first-order chi connectivity index (χ1) is 14.1. The normalized spacial score (nSPS) is 14.8. The van der Waals surface area contributed by atoms with Gasteiger partial charge in [0, 0.05) is 30.9 Å². The summed E-state index contributed by atoms with van der Waals surface area (Å²) < 4.78 is 6.61. The summed E-state index contributed by atoms with van der Waals surface area (Å²) in [5.41, 5.74) is 0.739. The zero-order valence-corrected chi connectivity index (χ0v) is 16.8. The number of hydrogen-bond donors (Lipinski definition) is 1. The van der Waals surface area contributed by atoms with Crippen LogP contribution in [0.2, 0.25) is 0 Å². The van der Waals surface area contributed by atoms with Gasteiger partial charge in [-0.25, -0.2) is 9.78 Å². The standard InChI is InChI=1S/C19H23N5O4S/c25-19-23(15-12-14(24(26)27)7-8-16(15)28-19)10-3-11-29-18-20-17(21-22-18)9-6-13-4-1-2-5-13/h7-8,12-13H,1-6,9-11H2,(H,20,21,22). The number of oxazole rings is 1. The fraction of sp³-hybridized carbons (Fsp3) is 0.526. The molecule has 1 saturated carbocycles. The molecular weight excluding hydrogens is 394 g/mol. The van der Waals surface area contributed by atoms with Crippen LogP contribution < -0.4 is 5.76 Å². The summed E-state index contributed by atoms with van der Waals surface area (Å²) in [7, 11) is 0. The molecule has 0 spiro atoms. The Morgan fingerprint density at radius 1 is 1.34 bits per heavy atom. The van der Waals surface area contributed by atoms with E-state index in [1.54, 1.807) is 0 Å². The highest BCUT2D eigenvalue weighted by Gasteiger charge is 2.16. The molecule has 9 nitrogen and oxygen atoms in total. The highest BCUT2D eigenvalue weighted by Crippen LogP contribution is 2.28. The third-order valence-corrected chi connectivity index (χ3v) is 6.33. The van der Waals surface area contributed by atoms with Gasteiger partial charge in [-0.1, -0.05) is 37.4 Å². The molecule has 0 aliphatic heterocycles. The maximum absolute atomic E-state index is 12.1. The number of nitro benzene ring substituents is 1. The van der Waals surface area contributed by atoms with Gasteiger partial charge in [0.25, 0.3) is 5.69 Å². The summed E-state index contributed by atoms with van der Waals surface area (Å²) in [5, 5.41) is 19.0. The molecule has 1 N–H and O–H groups in total. The summed E-state index contributed by atoms with van der Waals surface area (Å²) in [5.74, 6) is 1.99. The number of H-pyrrole nitrogens is 1. The predicted octanol–water partition coefficient (Wildman–Crippen LogP) is 3.93. The van der Waals surface area contributed by atoms with E-state index in [1.807, 2.05) is 0 Å². The zero-order chi connectivity index (χ0) is 20.2. The van der Waals surface area contributed by atoms with Gasteiger partial charge in [-0.15, -0.1) is 5.10 Å². The molecule has 1 aromatic carbocycles. The van der Waals surface area contributed by atoms with Crippen LogP contribution in [-0.4, -0.2) is 30.4 Å². The molecule has 154 valence electrons. The van der Waals surface area contributed by atoms with Crippen LogP contribution in [0.1, 0.15) is 44.3 Å². The third-order valence-electron chi connectivity index (χ3n) is 5.39. The number of rotatable bonds is 9. The van der Waals surface area contributed by atoms with E-state index in [1.165, 1.54) is 66.6 Å². The number of nitrogens with zero attached hydrogens (tertiary/aromatic N) is 4. The van der Waals surface area contributed by atoms with E-state index in [2.05, 4.69) is 15.2 Å². The molecule has 0 unspecified atom stereocenters. The minimum atomic E-state index is -0.502. The summed E-state index contributed by atoms with van der Waals surface area (Å²) in [6, 6.07) is 4.17. The van der Waals surface area contributed by atoms with Crippen LogP contribution in [-0.2, 0) is 13.0 Å². The van der Waals surface area contributed by atoms with Crippen molar-refractivity contribution in [1.29, 1.82) is 0 Å². The smallest absolute Gasteiger partial charge is 0.408 e. The average Bonchev–Trinajstić information content (AvgIpc) is 3.44. The molecule has 10 heteroatoms. The highest BCUT2D eigenvalue weighted by atomic mass is 32.2. The Morgan fingerprint density at radius 3 is 2.97 bits per heavy atom. The van der Waals surface area contributed by atoms with E-state index in [4.69, 9.17) is 4.42 Å². The van der Waals surface area contributed by atoms with Crippen molar-refractivity contribution in [3.8, 4) is 0 Å². The number of aromatic nitrogens is 4. The Bertz CT molecular complexity index is 1050. The Hall–Kier alpha value is -2.62. The molecule has 4 rings (SSSR count). The number of thioether (sulfide) groups is 1. The van der Waals surface area contributed by atoms with Crippen molar-refractivity contribution in [2.75, 3.05) is 5.75 Å². The topological polar surface area (TPSA) is 120 Å². The average molecular weight is 417 g/mol. The van der Waals surface area contributed by atoms with Gasteiger partial charge in [0.1, 0.15) is 5.82 Å². The predicted molar refractivity (Wildman–Crippen MR) is 109 cm³/mol. The van der Waals surface area contributed by atoms with Gasteiger partial charge < -0.3 is 4.42 Å². The SMILES string of the molecule is O=c1oc2ccc([N+](=O)[O-])cc2n1CCCSc1n[nH]c(CCC2CCCC2)n1. The van der Waals surface area contributed by atoms with Gasteiger partial charge in [-0.2, -0.15) is 0 Å².